The van der Waals surface area contributed by atoms with Crippen LogP contribution < -0.4 is 10.1 Å². The fraction of sp³-hybridized carbons (Fsp3) is 0.480. The maximum Gasteiger partial charge on any atom is 0.251 e. The van der Waals surface area contributed by atoms with E-state index >= 15 is 0 Å². The van der Waals surface area contributed by atoms with Gasteiger partial charge in [0.05, 0.1) is 0 Å². The van der Waals surface area contributed by atoms with E-state index in [1.165, 1.54) is 38.5 Å². The predicted octanol–water partition coefficient (Wildman–Crippen LogP) is 5.81. The Morgan fingerprint density at radius 1 is 0.929 bits per heavy atom. The van der Waals surface area contributed by atoms with Crippen molar-refractivity contribution < 1.29 is 9.53 Å². The Bertz CT molecular complexity index is 825. The highest BCUT2D eigenvalue weighted by molar-refractivity contribution is 5.94. The molecule has 0 spiro atoms. The van der Waals surface area contributed by atoms with Crippen molar-refractivity contribution >= 4 is 5.91 Å². The molecule has 3 nitrogen and oxygen atoms in total. The molecule has 2 aromatic rings. The summed E-state index contributed by atoms with van der Waals surface area (Å²) in [4.78, 5) is 13.0. The van der Waals surface area contributed by atoms with E-state index in [9.17, 15) is 4.79 Å². The van der Waals surface area contributed by atoms with E-state index < -0.39 is 0 Å². The molecule has 2 aromatic carbocycles. The second kappa shape index (κ2) is 6.95. The molecule has 4 aliphatic rings. The highest BCUT2D eigenvalue weighted by Gasteiger charge is 2.53. The molecule has 0 heterocycles. The lowest BCUT2D eigenvalue weighted by Gasteiger charge is -2.59. The number of nitrogens with one attached hydrogen (secondary N) is 1. The van der Waals surface area contributed by atoms with Crippen molar-refractivity contribution in [2.75, 3.05) is 0 Å². The van der Waals surface area contributed by atoms with Crippen LogP contribution in [0.3, 0.4) is 0 Å². The van der Waals surface area contributed by atoms with Gasteiger partial charge in [0.15, 0.2) is 0 Å². The molecule has 0 aliphatic heterocycles. The minimum atomic E-state index is 0.0155. The van der Waals surface area contributed by atoms with Crippen LogP contribution in [-0.4, -0.2) is 11.9 Å². The van der Waals surface area contributed by atoms with Crippen LogP contribution in [0.2, 0.25) is 0 Å². The maximum atomic E-state index is 13.0. The molecular formula is C25H29NO2. The van der Waals surface area contributed by atoms with Crippen LogP contribution in [0.15, 0.2) is 54.6 Å². The fourth-order valence-electron chi connectivity index (χ4n) is 6.47. The number of rotatable bonds is 5. The van der Waals surface area contributed by atoms with E-state index in [0.29, 0.717) is 16.7 Å². The first-order chi connectivity index (χ1) is 13.6. The van der Waals surface area contributed by atoms with Gasteiger partial charge in [0.25, 0.3) is 5.91 Å². The highest BCUT2D eigenvalue weighted by atomic mass is 16.5. The van der Waals surface area contributed by atoms with Gasteiger partial charge in [-0.15, -0.1) is 0 Å². The van der Waals surface area contributed by atoms with Crippen molar-refractivity contribution in [1.29, 1.82) is 0 Å². The Morgan fingerprint density at radius 3 is 2.18 bits per heavy atom. The normalized spacial score (nSPS) is 31.4. The SMILES string of the molecule is C[C@H](NC(=O)c1cccc(Oc2ccccc2)c1)C12CC3CC(CC(C3)C1)C2. The summed E-state index contributed by atoms with van der Waals surface area (Å²) < 4.78 is 5.89. The van der Waals surface area contributed by atoms with Crippen LogP contribution in [0.5, 0.6) is 11.5 Å². The van der Waals surface area contributed by atoms with Gasteiger partial charge in [-0.2, -0.15) is 0 Å². The minimum Gasteiger partial charge on any atom is -0.457 e. The van der Waals surface area contributed by atoms with Crippen molar-refractivity contribution in [1.82, 2.24) is 5.32 Å². The average molecular weight is 376 g/mol. The van der Waals surface area contributed by atoms with Gasteiger partial charge in [-0.25, -0.2) is 0 Å². The molecule has 28 heavy (non-hydrogen) atoms. The number of para-hydroxylation sites is 1. The topological polar surface area (TPSA) is 38.3 Å². The van der Waals surface area contributed by atoms with Gasteiger partial charge in [0.1, 0.15) is 11.5 Å². The Kier molecular flexibility index (Phi) is 4.41. The number of carbonyl (C=O) groups is 1. The number of carbonyl (C=O) groups excluding carboxylic acids is 1. The lowest BCUT2D eigenvalue weighted by molar-refractivity contribution is -0.0688. The first kappa shape index (κ1) is 17.8. The number of amides is 1. The quantitative estimate of drug-likeness (QED) is 0.716. The molecule has 1 amide bonds. The van der Waals surface area contributed by atoms with Crippen LogP contribution in [0, 0.1) is 23.2 Å². The second-order valence-electron chi connectivity index (χ2n) is 9.42. The summed E-state index contributed by atoms with van der Waals surface area (Å²) in [5.41, 5.74) is 0.993. The molecule has 4 saturated carbocycles. The van der Waals surface area contributed by atoms with Gasteiger partial charge < -0.3 is 10.1 Å². The molecular weight excluding hydrogens is 346 g/mol. The smallest absolute Gasteiger partial charge is 0.251 e. The number of hydrogen-bond donors (Lipinski definition) is 1. The summed E-state index contributed by atoms with van der Waals surface area (Å²) in [6, 6.07) is 17.4. The maximum absolute atomic E-state index is 13.0. The van der Waals surface area contributed by atoms with Crippen LogP contribution >= 0.6 is 0 Å². The summed E-state index contributed by atoms with van der Waals surface area (Å²) in [6.07, 6.45) is 8.20. The molecule has 6 rings (SSSR count). The molecule has 0 aromatic heterocycles. The third-order valence-electron chi connectivity index (χ3n) is 7.43. The number of benzene rings is 2. The van der Waals surface area contributed by atoms with Crippen LogP contribution in [0.25, 0.3) is 0 Å². The minimum absolute atomic E-state index is 0.0155. The monoisotopic (exact) mass is 375 g/mol. The van der Waals surface area contributed by atoms with Crippen molar-refractivity contribution in [3.05, 3.63) is 60.2 Å². The van der Waals surface area contributed by atoms with E-state index in [4.69, 9.17) is 4.74 Å². The Morgan fingerprint density at radius 2 is 1.54 bits per heavy atom. The summed E-state index contributed by atoms with van der Waals surface area (Å²) in [5, 5.41) is 3.35. The Labute approximate surface area is 167 Å². The van der Waals surface area contributed by atoms with Gasteiger partial charge in [-0.05, 0) is 98.9 Å². The zero-order valence-corrected chi connectivity index (χ0v) is 16.6. The van der Waals surface area contributed by atoms with E-state index in [0.717, 1.165) is 23.5 Å². The first-order valence-corrected chi connectivity index (χ1v) is 10.7. The van der Waals surface area contributed by atoms with Gasteiger partial charge in [-0.1, -0.05) is 24.3 Å². The molecule has 0 radical (unpaired) electrons. The lowest BCUT2D eigenvalue weighted by Crippen LogP contribution is -2.55. The molecule has 0 saturated heterocycles. The molecule has 4 fully saturated rings. The van der Waals surface area contributed by atoms with E-state index in [1.807, 2.05) is 54.6 Å². The van der Waals surface area contributed by atoms with Crippen molar-refractivity contribution in [3.8, 4) is 11.5 Å². The van der Waals surface area contributed by atoms with E-state index in [1.54, 1.807) is 0 Å². The number of ether oxygens (including phenoxy) is 1. The molecule has 3 heteroatoms. The van der Waals surface area contributed by atoms with Crippen LogP contribution in [0.4, 0.5) is 0 Å². The lowest BCUT2D eigenvalue weighted by atomic mass is 9.48. The van der Waals surface area contributed by atoms with E-state index in [-0.39, 0.29) is 11.9 Å². The Hall–Kier alpha value is -2.29. The van der Waals surface area contributed by atoms with Crippen molar-refractivity contribution in [2.24, 2.45) is 23.2 Å². The van der Waals surface area contributed by atoms with Gasteiger partial charge in [0, 0.05) is 11.6 Å². The Balaban J connectivity index is 1.29. The van der Waals surface area contributed by atoms with Crippen LogP contribution in [0.1, 0.15) is 55.8 Å². The summed E-state index contributed by atoms with van der Waals surface area (Å²) in [6.45, 7) is 2.23. The van der Waals surface area contributed by atoms with E-state index in [2.05, 4.69) is 12.2 Å². The van der Waals surface area contributed by atoms with Gasteiger partial charge in [0.2, 0.25) is 0 Å². The third-order valence-corrected chi connectivity index (χ3v) is 7.43. The molecule has 1 atom stereocenters. The molecule has 4 bridgehead atoms. The summed E-state index contributed by atoms with van der Waals surface area (Å²) in [5.74, 6) is 4.18. The third kappa shape index (κ3) is 3.32. The molecule has 146 valence electrons. The second-order valence-corrected chi connectivity index (χ2v) is 9.42. The average Bonchev–Trinajstić information content (AvgIpc) is 2.68. The van der Waals surface area contributed by atoms with Crippen molar-refractivity contribution in [3.63, 3.8) is 0 Å². The molecule has 4 aliphatic carbocycles. The zero-order valence-electron chi connectivity index (χ0n) is 16.6. The summed E-state index contributed by atoms with van der Waals surface area (Å²) in [7, 11) is 0. The highest BCUT2D eigenvalue weighted by Crippen LogP contribution is 2.61. The summed E-state index contributed by atoms with van der Waals surface area (Å²) >= 11 is 0. The fourth-order valence-corrected chi connectivity index (χ4v) is 6.47. The number of hydrogen-bond acceptors (Lipinski definition) is 2. The first-order valence-electron chi connectivity index (χ1n) is 10.7. The largest absolute Gasteiger partial charge is 0.457 e. The van der Waals surface area contributed by atoms with Crippen LogP contribution in [-0.2, 0) is 0 Å². The van der Waals surface area contributed by atoms with Crippen molar-refractivity contribution in [2.45, 2.75) is 51.5 Å². The van der Waals surface area contributed by atoms with Gasteiger partial charge >= 0.3 is 0 Å². The standard InChI is InChI=1S/C25H29NO2/c1-17(25-14-18-10-19(15-25)12-20(11-18)16-25)26-24(27)21-6-5-9-23(13-21)28-22-7-3-2-4-8-22/h2-9,13,17-20H,10-12,14-16H2,1H3,(H,26,27)/t17-,18?,19?,20?,25?/m0/s1. The zero-order chi connectivity index (χ0) is 19.1. The molecule has 1 N–H and O–H groups in total. The molecule has 0 unspecified atom stereocenters. The predicted molar refractivity (Wildman–Crippen MR) is 110 cm³/mol. The van der Waals surface area contributed by atoms with Gasteiger partial charge in [-0.3, -0.25) is 4.79 Å².